The Kier molecular flexibility index (Phi) is 4.57. The molecule has 1 aromatic carbocycles. The van der Waals surface area contributed by atoms with Crippen molar-refractivity contribution in [2.75, 3.05) is 17.2 Å². The largest absolute Gasteiger partial charge is 0.355 e. The molecule has 0 saturated carbocycles. The third-order valence-corrected chi connectivity index (χ3v) is 3.27. The van der Waals surface area contributed by atoms with Crippen LogP contribution in [-0.2, 0) is 14.4 Å². The summed E-state index contributed by atoms with van der Waals surface area (Å²) in [5.74, 6) is -0.830. The number of hydrogen-bond donors (Lipinski definition) is 3. The second-order valence-electron chi connectivity index (χ2n) is 5.42. The van der Waals surface area contributed by atoms with E-state index in [0.717, 1.165) is 0 Å². The van der Waals surface area contributed by atoms with E-state index in [0.29, 0.717) is 17.9 Å². The first-order valence-corrected chi connectivity index (χ1v) is 6.94. The van der Waals surface area contributed by atoms with Crippen LogP contribution >= 0.6 is 0 Å². The number of anilines is 2. The third kappa shape index (κ3) is 4.05. The number of rotatable bonds is 4. The maximum Gasteiger partial charge on any atom is 0.229 e. The summed E-state index contributed by atoms with van der Waals surface area (Å²) in [5.41, 5.74) is 1.23. The molecule has 21 heavy (non-hydrogen) atoms. The Balaban J connectivity index is 1.99. The molecule has 0 aromatic heterocycles. The zero-order valence-electron chi connectivity index (χ0n) is 12.1. The summed E-state index contributed by atoms with van der Waals surface area (Å²) in [6.45, 7) is 3.99. The van der Waals surface area contributed by atoms with E-state index in [9.17, 15) is 14.4 Å². The highest BCUT2D eigenvalue weighted by Gasteiger charge is 2.27. The Labute approximate surface area is 123 Å². The van der Waals surface area contributed by atoms with E-state index < -0.39 is 0 Å². The summed E-state index contributed by atoms with van der Waals surface area (Å²) in [6, 6.07) is 6.95. The molecule has 0 aliphatic carbocycles. The number of carbonyl (C=O) groups is 3. The second-order valence-corrected chi connectivity index (χ2v) is 5.42. The molecule has 1 heterocycles. The lowest BCUT2D eigenvalue weighted by Crippen LogP contribution is -2.24. The fourth-order valence-electron chi connectivity index (χ4n) is 2.00. The van der Waals surface area contributed by atoms with E-state index in [1.807, 2.05) is 13.8 Å². The van der Waals surface area contributed by atoms with Crippen LogP contribution in [0, 0.1) is 11.8 Å². The average Bonchev–Trinajstić information content (AvgIpc) is 2.86. The Morgan fingerprint density at radius 2 is 1.90 bits per heavy atom. The maximum absolute atomic E-state index is 12.0. The van der Waals surface area contributed by atoms with Gasteiger partial charge in [0.05, 0.1) is 5.92 Å². The lowest BCUT2D eigenvalue weighted by Gasteiger charge is -2.12. The van der Waals surface area contributed by atoms with Crippen molar-refractivity contribution >= 4 is 29.1 Å². The van der Waals surface area contributed by atoms with Gasteiger partial charge in [-0.2, -0.15) is 0 Å². The molecule has 1 saturated heterocycles. The van der Waals surface area contributed by atoms with Gasteiger partial charge in [-0.05, 0) is 18.2 Å². The quantitative estimate of drug-likeness (QED) is 0.782. The highest BCUT2D eigenvalue weighted by atomic mass is 16.2. The second kappa shape index (κ2) is 6.39. The van der Waals surface area contributed by atoms with Crippen LogP contribution in [0.5, 0.6) is 0 Å². The Bertz CT molecular complexity index is 569. The summed E-state index contributed by atoms with van der Waals surface area (Å²) in [6.07, 6.45) is 0.218. The topological polar surface area (TPSA) is 87.3 Å². The molecular weight excluding hydrogens is 270 g/mol. The predicted molar refractivity (Wildman–Crippen MR) is 79.7 cm³/mol. The number of benzene rings is 1. The summed E-state index contributed by atoms with van der Waals surface area (Å²) < 4.78 is 0. The number of nitrogens with one attached hydrogen (secondary N) is 3. The van der Waals surface area contributed by atoms with Gasteiger partial charge in [-0.25, -0.2) is 0 Å². The van der Waals surface area contributed by atoms with Crippen molar-refractivity contribution in [3.8, 4) is 0 Å². The average molecular weight is 289 g/mol. The molecule has 1 aliphatic rings. The van der Waals surface area contributed by atoms with E-state index in [2.05, 4.69) is 16.0 Å². The van der Waals surface area contributed by atoms with Gasteiger partial charge in [0, 0.05) is 30.3 Å². The zero-order chi connectivity index (χ0) is 15.4. The minimum absolute atomic E-state index is 0.0796. The van der Waals surface area contributed by atoms with Crippen molar-refractivity contribution in [1.82, 2.24) is 5.32 Å². The van der Waals surface area contributed by atoms with Gasteiger partial charge in [0.2, 0.25) is 17.7 Å². The summed E-state index contributed by atoms with van der Waals surface area (Å²) in [7, 11) is 0. The van der Waals surface area contributed by atoms with Crippen LogP contribution in [0.25, 0.3) is 0 Å². The van der Waals surface area contributed by atoms with Gasteiger partial charge in [0.15, 0.2) is 0 Å². The predicted octanol–water partition coefficient (Wildman–Crippen LogP) is 1.36. The number of hydrogen-bond acceptors (Lipinski definition) is 3. The molecule has 1 aromatic rings. The van der Waals surface area contributed by atoms with E-state index in [1.54, 1.807) is 24.3 Å². The molecule has 1 fully saturated rings. The molecule has 3 N–H and O–H groups in total. The molecule has 6 heteroatoms. The first-order valence-electron chi connectivity index (χ1n) is 6.94. The molecule has 1 atom stereocenters. The SMILES string of the molecule is CC(C)C(=O)Nc1cccc(NC(=O)C2CNC(=O)C2)c1. The van der Waals surface area contributed by atoms with Crippen molar-refractivity contribution in [3.63, 3.8) is 0 Å². The molecule has 1 unspecified atom stereocenters. The third-order valence-electron chi connectivity index (χ3n) is 3.27. The van der Waals surface area contributed by atoms with Crippen molar-refractivity contribution < 1.29 is 14.4 Å². The smallest absolute Gasteiger partial charge is 0.229 e. The minimum atomic E-state index is -0.341. The Morgan fingerprint density at radius 3 is 2.48 bits per heavy atom. The number of amides is 3. The van der Waals surface area contributed by atoms with Gasteiger partial charge >= 0.3 is 0 Å². The normalized spacial score (nSPS) is 17.5. The van der Waals surface area contributed by atoms with Crippen LogP contribution in [0.1, 0.15) is 20.3 Å². The van der Waals surface area contributed by atoms with E-state index >= 15 is 0 Å². The van der Waals surface area contributed by atoms with Gasteiger partial charge < -0.3 is 16.0 Å². The van der Waals surface area contributed by atoms with Gasteiger partial charge in [0.25, 0.3) is 0 Å². The molecule has 0 radical (unpaired) electrons. The summed E-state index contributed by atoms with van der Waals surface area (Å²) in [5, 5.41) is 8.17. The molecule has 0 spiro atoms. The van der Waals surface area contributed by atoms with E-state index in [-0.39, 0.29) is 36.0 Å². The van der Waals surface area contributed by atoms with Crippen LogP contribution in [0.15, 0.2) is 24.3 Å². The summed E-state index contributed by atoms with van der Waals surface area (Å²) in [4.78, 5) is 34.8. The first kappa shape index (κ1) is 15.0. The highest BCUT2D eigenvalue weighted by Crippen LogP contribution is 2.18. The molecule has 0 bridgehead atoms. The van der Waals surface area contributed by atoms with Gasteiger partial charge in [-0.15, -0.1) is 0 Å². The Hall–Kier alpha value is -2.37. The number of carbonyl (C=O) groups excluding carboxylic acids is 3. The van der Waals surface area contributed by atoms with E-state index in [1.165, 1.54) is 0 Å². The molecule has 112 valence electrons. The van der Waals surface area contributed by atoms with Crippen molar-refractivity contribution in [2.24, 2.45) is 11.8 Å². The van der Waals surface area contributed by atoms with Crippen LogP contribution in [0.2, 0.25) is 0 Å². The molecule has 1 aliphatic heterocycles. The molecular formula is C15H19N3O3. The fourth-order valence-corrected chi connectivity index (χ4v) is 2.00. The summed E-state index contributed by atoms with van der Waals surface area (Å²) >= 11 is 0. The monoisotopic (exact) mass is 289 g/mol. The zero-order valence-corrected chi connectivity index (χ0v) is 12.1. The minimum Gasteiger partial charge on any atom is -0.355 e. The van der Waals surface area contributed by atoms with Crippen LogP contribution in [0.3, 0.4) is 0 Å². The molecule has 2 rings (SSSR count). The lowest BCUT2D eigenvalue weighted by molar-refractivity contribution is -0.123. The van der Waals surface area contributed by atoms with E-state index in [4.69, 9.17) is 0 Å². The van der Waals surface area contributed by atoms with Gasteiger partial charge in [-0.1, -0.05) is 19.9 Å². The van der Waals surface area contributed by atoms with Crippen molar-refractivity contribution in [1.29, 1.82) is 0 Å². The van der Waals surface area contributed by atoms with Crippen molar-refractivity contribution in [2.45, 2.75) is 20.3 Å². The molecule has 3 amide bonds. The molecule has 6 nitrogen and oxygen atoms in total. The van der Waals surface area contributed by atoms with Crippen LogP contribution < -0.4 is 16.0 Å². The van der Waals surface area contributed by atoms with Crippen LogP contribution in [0.4, 0.5) is 11.4 Å². The highest BCUT2D eigenvalue weighted by molar-refractivity contribution is 5.98. The van der Waals surface area contributed by atoms with Gasteiger partial charge in [-0.3, -0.25) is 14.4 Å². The lowest BCUT2D eigenvalue weighted by atomic mass is 10.1. The Morgan fingerprint density at radius 1 is 1.24 bits per heavy atom. The fraction of sp³-hybridized carbons (Fsp3) is 0.400. The first-order chi connectivity index (χ1) is 9.95. The standard InChI is InChI=1S/C15H19N3O3/c1-9(2)14(20)17-11-4-3-5-12(7-11)18-15(21)10-6-13(19)16-8-10/h3-5,7,9-10H,6,8H2,1-2H3,(H,16,19)(H,17,20)(H,18,21). The van der Waals surface area contributed by atoms with Gasteiger partial charge in [0.1, 0.15) is 0 Å². The van der Waals surface area contributed by atoms with Crippen molar-refractivity contribution in [3.05, 3.63) is 24.3 Å². The van der Waals surface area contributed by atoms with Crippen LogP contribution in [-0.4, -0.2) is 24.3 Å². The maximum atomic E-state index is 12.0.